The van der Waals surface area contributed by atoms with E-state index in [4.69, 9.17) is 0 Å². The molecule has 24 heavy (non-hydrogen) atoms. The summed E-state index contributed by atoms with van der Waals surface area (Å²) < 4.78 is 12.7. The lowest BCUT2D eigenvalue weighted by Crippen LogP contribution is -2.01. The van der Waals surface area contributed by atoms with Crippen molar-refractivity contribution >= 4 is 34.7 Å². The largest absolute Gasteiger partial charge is 0.606 e. The second-order valence-electron chi connectivity index (χ2n) is 5.62. The molecule has 4 heteroatoms. The third kappa shape index (κ3) is 6.40. The quantitative estimate of drug-likeness (QED) is 0.263. The number of hydrogen-bond acceptors (Lipinski definition) is 3. The minimum absolute atomic E-state index is 0.876. The second kappa shape index (κ2) is 11.1. The van der Waals surface area contributed by atoms with Crippen LogP contribution in [-0.2, 0) is 11.2 Å². The van der Waals surface area contributed by atoms with Gasteiger partial charge in [0.15, 0.2) is 9.79 Å². The van der Waals surface area contributed by atoms with Crippen molar-refractivity contribution in [2.45, 2.75) is 59.1 Å². The van der Waals surface area contributed by atoms with Gasteiger partial charge >= 0.3 is 0 Å². The van der Waals surface area contributed by atoms with E-state index in [0.29, 0.717) is 0 Å². The number of unbranched alkanes of at least 4 members (excludes halogenated alkanes) is 2. The standard InChI is InChI=1S/C20H26OS3/c1-3-5-15-22-17-7-11-19(12-8-17)24(21)20-13-9-18(10-14-20)23-16-6-4-2/h7-14H,3-6,15-16H2,1-2H3. The predicted molar refractivity (Wildman–Crippen MR) is 109 cm³/mol. The third-order valence-electron chi connectivity index (χ3n) is 3.61. The molecule has 0 aromatic heterocycles. The molecule has 0 aliphatic heterocycles. The van der Waals surface area contributed by atoms with Gasteiger partial charge in [0, 0.05) is 21.0 Å². The summed E-state index contributed by atoms with van der Waals surface area (Å²) in [7, 11) is 0. The predicted octanol–water partition coefficient (Wildman–Crippen LogP) is 6.64. The third-order valence-corrected chi connectivity index (χ3v) is 7.21. The molecule has 0 aliphatic carbocycles. The first-order valence-electron chi connectivity index (χ1n) is 8.62. The van der Waals surface area contributed by atoms with Crippen LogP contribution in [0.15, 0.2) is 68.1 Å². The van der Waals surface area contributed by atoms with Gasteiger partial charge in [0.05, 0.1) is 0 Å². The van der Waals surface area contributed by atoms with Crippen LogP contribution >= 0.6 is 23.5 Å². The maximum atomic E-state index is 12.7. The number of hydrogen-bond donors (Lipinski definition) is 0. The van der Waals surface area contributed by atoms with Gasteiger partial charge in [-0.15, -0.1) is 23.5 Å². The molecule has 0 unspecified atom stereocenters. The molecular formula is C20H26OS3. The molecule has 0 saturated carbocycles. The van der Waals surface area contributed by atoms with Crippen LogP contribution in [0.4, 0.5) is 0 Å². The molecule has 0 N–H and O–H groups in total. The summed E-state index contributed by atoms with van der Waals surface area (Å²) in [6.07, 6.45) is 4.92. The lowest BCUT2D eigenvalue weighted by atomic mass is 10.4. The first kappa shape index (κ1) is 19.8. The van der Waals surface area contributed by atoms with E-state index in [2.05, 4.69) is 38.1 Å². The molecule has 2 rings (SSSR count). The Morgan fingerprint density at radius 3 is 1.42 bits per heavy atom. The van der Waals surface area contributed by atoms with Crippen LogP contribution < -0.4 is 0 Å². The number of benzene rings is 2. The zero-order valence-electron chi connectivity index (χ0n) is 14.5. The summed E-state index contributed by atoms with van der Waals surface area (Å²) in [6.45, 7) is 4.42. The van der Waals surface area contributed by atoms with Crippen LogP contribution in [0.5, 0.6) is 0 Å². The van der Waals surface area contributed by atoms with Crippen molar-refractivity contribution < 1.29 is 4.55 Å². The SMILES string of the molecule is CCCCSc1ccc([S+]([O-])c2ccc(SCCCC)cc2)cc1. The molecule has 0 bridgehead atoms. The Morgan fingerprint density at radius 2 is 1.08 bits per heavy atom. The first-order chi connectivity index (χ1) is 11.7. The molecule has 0 aliphatic rings. The van der Waals surface area contributed by atoms with Crippen LogP contribution in [0.25, 0.3) is 0 Å². The smallest absolute Gasteiger partial charge is 0.158 e. The van der Waals surface area contributed by atoms with E-state index >= 15 is 0 Å². The zero-order valence-corrected chi connectivity index (χ0v) is 16.9. The molecule has 0 saturated heterocycles. The fourth-order valence-electron chi connectivity index (χ4n) is 2.12. The highest BCUT2D eigenvalue weighted by molar-refractivity contribution is 7.99. The topological polar surface area (TPSA) is 23.1 Å². The molecule has 1 nitrogen and oxygen atoms in total. The average Bonchev–Trinajstić information content (AvgIpc) is 2.63. The van der Waals surface area contributed by atoms with Gasteiger partial charge in [-0.1, -0.05) is 26.7 Å². The Hall–Kier alpha value is -0.550. The molecule has 2 aromatic carbocycles. The van der Waals surface area contributed by atoms with Crippen molar-refractivity contribution in [1.29, 1.82) is 0 Å². The van der Waals surface area contributed by atoms with E-state index in [0.717, 1.165) is 21.3 Å². The maximum Gasteiger partial charge on any atom is 0.158 e. The summed E-state index contributed by atoms with van der Waals surface area (Å²) in [5, 5.41) is 0. The van der Waals surface area contributed by atoms with E-state index in [-0.39, 0.29) is 0 Å². The van der Waals surface area contributed by atoms with Crippen molar-refractivity contribution in [3.8, 4) is 0 Å². The highest BCUT2D eigenvalue weighted by atomic mass is 32.2. The van der Waals surface area contributed by atoms with Gasteiger partial charge in [0.2, 0.25) is 0 Å². The maximum absolute atomic E-state index is 12.7. The molecule has 0 atom stereocenters. The molecule has 130 valence electrons. The Kier molecular flexibility index (Phi) is 9.18. The van der Waals surface area contributed by atoms with Gasteiger partial charge in [-0.05, 0) is 72.9 Å². The van der Waals surface area contributed by atoms with Crippen molar-refractivity contribution in [1.82, 2.24) is 0 Å². The highest BCUT2D eigenvalue weighted by Crippen LogP contribution is 2.27. The Labute approximate surface area is 158 Å². The van der Waals surface area contributed by atoms with Crippen LogP contribution in [-0.4, -0.2) is 16.1 Å². The summed E-state index contributed by atoms with van der Waals surface area (Å²) >= 11 is 2.65. The fraction of sp³-hybridized carbons (Fsp3) is 0.400. The van der Waals surface area contributed by atoms with Crippen molar-refractivity contribution in [3.63, 3.8) is 0 Å². The van der Waals surface area contributed by atoms with Crippen LogP contribution in [0.1, 0.15) is 39.5 Å². The minimum Gasteiger partial charge on any atom is -0.606 e. The molecule has 0 fully saturated rings. The van der Waals surface area contributed by atoms with Crippen molar-refractivity contribution in [3.05, 3.63) is 48.5 Å². The van der Waals surface area contributed by atoms with E-state index in [1.807, 2.05) is 47.8 Å². The normalized spacial score (nSPS) is 11.2. The molecular weight excluding hydrogens is 352 g/mol. The van der Waals surface area contributed by atoms with E-state index in [9.17, 15) is 4.55 Å². The zero-order chi connectivity index (χ0) is 17.2. The summed E-state index contributed by atoms with van der Waals surface area (Å²) in [6, 6.07) is 16.3. The van der Waals surface area contributed by atoms with Gasteiger partial charge in [0.25, 0.3) is 0 Å². The lowest BCUT2D eigenvalue weighted by molar-refractivity contribution is 0.595. The average molecular weight is 379 g/mol. The van der Waals surface area contributed by atoms with Gasteiger partial charge < -0.3 is 4.55 Å². The summed E-state index contributed by atoms with van der Waals surface area (Å²) in [5.41, 5.74) is 0. The highest BCUT2D eigenvalue weighted by Gasteiger charge is 2.14. The number of rotatable bonds is 10. The van der Waals surface area contributed by atoms with E-state index < -0.39 is 11.2 Å². The van der Waals surface area contributed by atoms with Gasteiger partial charge in [-0.3, -0.25) is 0 Å². The molecule has 2 aromatic rings. The van der Waals surface area contributed by atoms with Gasteiger partial charge in [0.1, 0.15) is 0 Å². The second-order valence-corrected chi connectivity index (χ2v) is 9.43. The Morgan fingerprint density at radius 1 is 0.708 bits per heavy atom. The molecule has 0 amide bonds. The van der Waals surface area contributed by atoms with Crippen LogP contribution in [0.2, 0.25) is 0 Å². The lowest BCUT2D eigenvalue weighted by Gasteiger charge is -2.11. The van der Waals surface area contributed by atoms with E-state index in [1.54, 1.807) is 0 Å². The molecule has 0 heterocycles. The summed E-state index contributed by atoms with van der Waals surface area (Å²) in [5.74, 6) is 2.30. The van der Waals surface area contributed by atoms with Gasteiger partial charge in [-0.2, -0.15) is 0 Å². The Bertz CT molecular complexity index is 527. The molecule has 0 radical (unpaired) electrons. The van der Waals surface area contributed by atoms with Crippen LogP contribution in [0.3, 0.4) is 0 Å². The monoisotopic (exact) mass is 378 g/mol. The fourth-order valence-corrected chi connectivity index (χ4v) is 5.16. The Balaban J connectivity index is 1.93. The van der Waals surface area contributed by atoms with Crippen molar-refractivity contribution in [2.24, 2.45) is 0 Å². The van der Waals surface area contributed by atoms with Crippen molar-refractivity contribution in [2.75, 3.05) is 11.5 Å². The summed E-state index contributed by atoms with van der Waals surface area (Å²) in [4.78, 5) is 4.26. The molecule has 0 spiro atoms. The van der Waals surface area contributed by atoms with Crippen LogP contribution in [0, 0.1) is 0 Å². The van der Waals surface area contributed by atoms with E-state index in [1.165, 1.54) is 35.5 Å². The minimum atomic E-state index is -1.10. The number of thioether (sulfide) groups is 2. The van der Waals surface area contributed by atoms with Gasteiger partial charge in [-0.25, -0.2) is 0 Å². The first-order valence-corrected chi connectivity index (χ1v) is 11.7.